The van der Waals surface area contributed by atoms with Crippen molar-refractivity contribution in [1.29, 1.82) is 0 Å². The lowest BCUT2D eigenvalue weighted by atomic mass is 10.3. The maximum absolute atomic E-state index is 11.3. The molecule has 200 valence electrons. The van der Waals surface area contributed by atoms with E-state index >= 15 is 0 Å². The fourth-order valence-corrected chi connectivity index (χ4v) is 5.43. The molecule has 2 fully saturated rings. The molecule has 2 aromatic rings. The van der Waals surface area contributed by atoms with Crippen LogP contribution < -0.4 is 4.74 Å². The zero-order chi connectivity index (χ0) is 24.8. The van der Waals surface area contributed by atoms with Gasteiger partial charge in [0.25, 0.3) is 0 Å². The van der Waals surface area contributed by atoms with Gasteiger partial charge in [-0.15, -0.1) is 0 Å². The van der Waals surface area contributed by atoms with Crippen molar-refractivity contribution in [2.75, 3.05) is 24.4 Å². The van der Waals surface area contributed by atoms with Crippen LogP contribution in [0.3, 0.4) is 0 Å². The van der Waals surface area contributed by atoms with E-state index in [-0.39, 0.29) is 25.5 Å². The van der Waals surface area contributed by atoms with Crippen molar-refractivity contribution in [1.82, 2.24) is 0 Å². The first kappa shape index (κ1) is 34.4. The normalized spacial score (nSPS) is 14.7. The summed E-state index contributed by atoms with van der Waals surface area (Å²) in [5.41, 5.74) is 0. The Morgan fingerprint density at radius 1 is 0.829 bits per heavy atom. The van der Waals surface area contributed by atoms with Gasteiger partial charge >= 0.3 is 0 Å². The standard InChI is InChI=1S/C11H13BrO3S.C7H7BrO3S.C4H7Br.2CH4/c1-16(13,14)9-4-5-11(10(12)6-9)15-7-8-2-3-8;1-12(10,11)5-2-3-7(9)6(8)4-5;5-3-4-1-2-4;;/h4-6,8H,2-3,7H2,1H3;2-4,9H,1H3;4H,1-3H2;2*1H4. The first-order valence-corrected chi connectivity index (χ1v) is 16.7. The molecule has 11 heteroatoms. The van der Waals surface area contributed by atoms with Crippen LogP contribution in [-0.2, 0) is 19.7 Å². The molecular weight excluding hydrogens is 688 g/mol. The van der Waals surface area contributed by atoms with Crippen molar-refractivity contribution in [3.63, 3.8) is 0 Å². The van der Waals surface area contributed by atoms with Crippen LogP contribution in [0.1, 0.15) is 40.5 Å². The zero-order valence-corrected chi connectivity index (χ0v) is 24.7. The predicted octanol–water partition coefficient (Wildman–Crippen LogP) is 7.26. The number of sulfone groups is 2. The first-order chi connectivity index (χ1) is 15.3. The Labute approximate surface area is 236 Å². The molecule has 0 aliphatic heterocycles. The highest BCUT2D eigenvalue weighted by Gasteiger charge is 2.22. The fourth-order valence-electron chi connectivity index (χ4n) is 2.31. The first-order valence-electron chi connectivity index (χ1n) is 10.2. The number of phenols is 1. The molecule has 0 spiro atoms. The number of halogens is 3. The van der Waals surface area contributed by atoms with E-state index in [2.05, 4.69) is 47.8 Å². The van der Waals surface area contributed by atoms with Crippen LogP contribution in [0.5, 0.6) is 11.5 Å². The summed E-state index contributed by atoms with van der Waals surface area (Å²) < 4.78 is 51.3. The number of phenolic OH excluding ortho intramolecular Hbond substituents is 1. The molecule has 0 atom stereocenters. The van der Waals surface area contributed by atoms with Gasteiger partial charge in [-0.2, -0.15) is 0 Å². The molecule has 2 aliphatic carbocycles. The smallest absolute Gasteiger partial charge is 0.175 e. The summed E-state index contributed by atoms with van der Waals surface area (Å²) in [6, 6.07) is 8.91. The molecule has 6 nitrogen and oxygen atoms in total. The summed E-state index contributed by atoms with van der Waals surface area (Å²) in [6.45, 7) is 0.719. The molecule has 0 aromatic heterocycles. The molecule has 0 heterocycles. The lowest BCUT2D eigenvalue weighted by Crippen LogP contribution is -2.01. The minimum atomic E-state index is -3.18. The highest BCUT2D eigenvalue weighted by atomic mass is 79.9. The summed E-state index contributed by atoms with van der Waals surface area (Å²) in [4.78, 5) is 0.491. The van der Waals surface area contributed by atoms with Gasteiger partial charge in [0.2, 0.25) is 0 Å². The third-order valence-corrected chi connectivity index (χ3v) is 9.16. The largest absolute Gasteiger partial charge is 0.507 e. The minimum Gasteiger partial charge on any atom is -0.507 e. The van der Waals surface area contributed by atoms with Crippen molar-refractivity contribution in [3.05, 3.63) is 45.3 Å². The van der Waals surface area contributed by atoms with E-state index in [1.807, 2.05) is 0 Å². The third-order valence-electron chi connectivity index (χ3n) is 4.77. The summed E-state index contributed by atoms with van der Waals surface area (Å²) >= 11 is 9.72. The quantitative estimate of drug-likeness (QED) is 0.316. The third kappa shape index (κ3) is 13.0. The molecule has 0 saturated heterocycles. The van der Waals surface area contributed by atoms with Crippen molar-refractivity contribution in [2.45, 2.75) is 50.3 Å². The number of hydrogen-bond donors (Lipinski definition) is 1. The second-order valence-electron chi connectivity index (χ2n) is 8.10. The molecule has 2 saturated carbocycles. The Morgan fingerprint density at radius 3 is 1.63 bits per heavy atom. The van der Waals surface area contributed by atoms with E-state index in [0.717, 1.165) is 18.8 Å². The van der Waals surface area contributed by atoms with Crippen molar-refractivity contribution in [3.8, 4) is 11.5 Å². The molecule has 0 unspecified atom stereocenters. The van der Waals surface area contributed by atoms with Crippen molar-refractivity contribution in [2.24, 2.45) is 11.8 Å². The van der Waals surface area contributed by atoms with Gasteiger partial charge < -0.3 is 9.84 Å². The van der Waals surface area contributed by atoms with Gasteiger partial charge in [-0.1, -0.05) is 30.8 Å². The summed E-state index contributed by atoms with van der Waals surface area (Å²) in [5.74, 6) is 2.47. The van der Waals surface area contributed by atoms with E-state index in [0.29, 0.717) is 25.5 Å². The molecule has 4 rings (SSSR count). The Bertz CT molecular complexity index is 1160. The molecule has 0 bridgehead atoms. The Morgan fingerprint density at radius 2 is 1.29 bits per heavy atom. The number of alkyl halides is 1. The van der Waals surface area contributed by atoms with Gasteiger partial charge in [-0.3, -0.25) is 0 Å². The van der Waals surface area contributed by atoms with E-state index in [9.17, 15) is 16.8 Å². The van der Waals surface area contributed by atoms with Crippen molar-refractivity contribution < 1.29 is 26.7 Å². The Hall–Kier alpha value is -0.620. The van der Waals surface area contributed by atoms with E-state index in [1.54, 1.807) is 18.2 Å². The number of benzene rings is 2. The molecule has 2 aliphatic rings. The topological polar surface area (TPSA) is 97.7 Å². The van der Waals surface area contributed by atoms with E-state index < -0.39 is 19.7 Å². The van der Waals surface area contributed by atoms with Crippen molar-refractivity contribution >= 4 is 67.5 Å². The van der Waals surface area contributed by atoms with Crippen LogP contribution in [0.2, 0.25) is 0 Å². The van der Waals surface area contributed by atoms with Gasteiger partial charge in [0, 0.05) is 17.8 Å². The summed E-state index contributed by atoms with van der Waals surface area (Å²) in [6.07, 6.45) is 7.71. The minimum absolute atomic E-state index is 0. The Kier molecular flexibility index (Phi) is 14.7. The van der Waals surface area contributed by atoms with E-state index in [1.165, 1.54) is 55.5 Å². The highest BCUT2D eigenvalue weighted by molar-refractivity contribution is 9.11. The van der Waals surface area contributed by atoms with Gasteiger partial charge in [0.05, 0.1) is 25.3 Å². The molecule has 35 heavy (non-hydrogen) atoms. The van der Waals surface area contributed by atoms with Crippen LogP contribution in [0.15, 0.2) is 55.1 Å². The lowest BCUT2D eigenvalue weighted by molar-refractivity contribution is 0.298. The number of rotatable bonds is 6. The monoisotopic (exact) mass is 720 g/mol. The van der Waals surface area contributed by atoms with Gasteiger partial charge in [0.1, 0.15) is 11.5 Å². The van der Waals surface area contributed by atoms with Gasteiger partial charge in [-0.25, -0.2) is 16.8 Å². The predicted molar refractivity (Wildman–Crippen MR) is 154 cm³/mol. The average molecular weight is 723 g/mol. The number of ether oxygens (including phenoxy) is 1. The second-order valence-corrected chi connectivity index (χ2v) is 14.5. The SMILES string of the molecule is BrCC1CC1.C.C.CS(=O)(=O)c1ccc(O)c(Br)c1.CS(=O)(=O)c1ccc(OCC2CC2)c(Br)c1. The zero-order valence-electron chi connectivity index (χ0n) is 18.3. The lowest BCUT2D eigenvalue weighted by Gasteiger charge is -2.08. The van der Waals surface area contributed by atoms with Crippen LogP contribution in [0.25, 0.3) is 0 Å². The van der Waals surface area contributed by atoms with Gasteiger partial charge in [-0.05, 0) is 106 Å². The number of hydrogen-bond acceptors (Lipinski definition) is 6. The average Bonchev–Trinajstić information content (AvgIpc) is 3.62. The maximum Gasteiger partial charge on any atom is 0.175 e. The maximum atomic E-state index is 11.3. The van der Waals surface area contributed by atoms with Crippen LogP contribution in [-0.4, -0.2) is 46.4 Å². The second kappa shape index (κ2) is 15.0. The van der Waals surface area contributed by atoms with Crippen LogP contribution >= 0.6 is 47.8 Å². The molecular formula is C24H35Br3O6S2. The van der Waals surface area contributed by atoms with Crippen LogP contribution in [0.4, 0.5) is 0 Å². The van der Waals surface area contributed by atoms with E-state index in [4.69, 9.17) is 9.84 Å². The van der Waals surface area contributed by atoms with Crippen LogP contribution in [0, 0.1) is 11.8 Å². The molecule has 1 N–H and O–H groups in total. The number of aromatic hydroxyl groups is 1. The Balaban J connectivity index is 0.000000538. The summed E-state index contributed by atoms with van der Waals surface area (Å²) in [7, 11) is -6.33. The highest BCUT2D eigenvalue weighted by Crippen LogP contribution is 2.33. The molecule has 0 radical (unpaired) electrons. The fraction of sp³-hybridized carbons (Fsp3) is 0.500. The van der Waals surface area contributed by atoms with Gasteiger partial charge in [0.15, 0.2) is 19.7 Å². The molecule has 2 aromatic carbocycles. The summed E-state index contributed by atoms with van der Waals surface area (Å²) in [5, 5.41) is 10.3. The molecule has 0 amide bonds.